The molecule has 1 atom stereocenters. The van der Waals surface area contributed by atoms with Gasteiger partial charge in [0, 0.05) is 24.3 Å². The van der Waals surface area contributed by atoms with E-state index in [1.165, 1.54) is 6.39 Å². The van der Waals surface area contributed by atoms with Gasteiger partial charge in [0.05, 0.1) is 6.20 Å². The summed E-state index contributed by atoms with van der Waals surface area (Å²) in [4.78, 5) is 10.4. The molecule has 0 bridgehead atoms. The van der Waals surface area contributed by atoms with E-state index in [0.29, 0.717) is 6.61 Å². The van der Waals surface area contributed by atoms with Crippen LogP contribution in [0.15, 0.2) is 46.3 Å². The molecular formula is C15H18N4O2. The minimum absolute atomic E-state index is 0.0962. The van der Waals surface area contributed by atoms with Crippen LogP contribution in [-0.2, 0) is 4.74 Å². The first-order chi connectivity index (χ1) is 10.3. The lowest BCUT2D eigenvalue weighted by Gasteiger charge is -2.24. The number of rotatable bonds is 5. The largest absolute Gasteiger partial charge is 0.463 e. The summed E-state index contributed by atoms with van der Waals surface area (Å²) >= 11 is 0. The molecule has 21 heavy (non-hydrogen) atoms. The summed E-state index contributed by atoms with van der Waals surface area (Å²) in [5.41, 5.74) is 7.70. The second-order valence-corrected chi connectivity index (χ2v) is 4.88. The van der Waals surface area contributed by atoms with Crippen molar-refractivity contribution in [1.29, 1.82) is 0 Å². The van der Waals surface area contributed by atoms with E-state index in [0.717, 1.165) is 30.1 Å². The number of ether oxygens (including phenoxy) is 1. The van der Waals surface area contributed by atoms with Crippen LogP contribution >= 0.6 is 0 Å². The van der Waals surface area contributed by atoms with Crippen LogP contribution < -0.4 is 10.6 Å². The highest BCUT2D eigenvalue weighted by atomic mass is 16.5. The maximum atomic E-state index is 5.55. The molecule has 6 nitrogen and oxygen atoms in total. The highest BCUT2D eigenvalue weighted by Crippen LogP contribution is 2.23. The summed E-state index contributed by atoms with van der Waals surface area (Å²) in [6, 6.07) is 8.59. The van der Waals surface area contributed by atoms with Gasteiger partial charge in [-0.1, -0.05) is 0 Å². The van der Waals surface area contributed by atoms with Crippen LogP contribution in [0.1, 0.15) is 6.92 Å². The standard InChI is InChI=1S/C15H18N4O2/c1-2-19(8-12-9-20-15(16)18-12)13-5-3-11(4-6-13)14-7-17-10-21-14/h3-7,10,12H,2,8-9H2,1H3,(H2,16,18)/t12-/m0/s1. The van der Waals surface area contributed by atoms with Crippen molar-refractivity contribution in [3.63, 3.8) is 0 Å². The number of aliphatic imine (C=N–C) groups is 1. The SMILES string of the molecule is CCN(C[C@H]1COC(N)=N1)c1ccc(-c2cnco2)cc1. The average molecular weight is 286 g/mol. The highest BCUT2D eigenvalue weighted by Gasteiger charge is 2.19. The molecule has 0 fully saturated rings. The van der Waals surface area contributed by atoms with Gasteiger partial charge in [0.1, 0.15) is 12.6 Å². The Bertz CT molecular complexity index is 607. The second kappa shape index (κ2) is 5.87. The Balaban J connectivity index is 1.72. The number of nitrogens with zero attached hydrogens (tertiary/aromatic N) is 3. The fourth-order valence-electron chi connectivity index (χ4n) is 2.40. The second-order valence-electron chi connectivity index (χ2n) is 4.88. The Labute approximate surface area is 123 Å². The van der Waals surface area contributed by atoms with Crippen molar-refractivity contribution in [3.05, 3.63) is 36.9 Å². The maximum absolute atomic E-state index is 5.55. The number of nitrogens with two attached hydrogens (primary N) is 1. The van der Waals surface area contributed by atoms with Gasteiger partial charge in [-0.2, -0.15) is 0 Å². The zero-order valence-corrected chi connectivity index (χ0v) is 11.9. The Morgan fingerprint density at radius 1 is 1.33 bits per heavy atom. The fourth-order valence-corrected chi connectivity index (χ4v) is 2.40. The summed E-state index contributed by atoms with van der Waals surface area (Å²) in [7, 11) is 0. The van der Waals surface area contributed by atoms with E-state index < -0.39 is 0 Å². The maximum Gasteiger partial charge on any atom is 0.282 e. The molecule has 110 valence electrons. The third-order valence-electron chi connectivity index (χ3n) is 3.50. The molecule has 0 saturated heterocycles. The summed E-state index contributed by atoms with van der Waals surface area (Å²) < 4.78 is 10.5. The van der Waals surface area contributed by atoms with Crippen LogP contribution in [0.3, 0.4) is 0 Å². The van der Waals surface area contributed by atoms with Crippen molar-refractivity contribution < 1.29 is 9.15 Å². The van der Waals surface area contributed by atoms with Crippen molar-refractivity contribution in [1.82, 2.24) is 4.98 Å². The van der Waals surface area contributed by atoms with Gasteiger partial charge in [0.25, 0.3) is 6.02 Å². The third-order valence-corrected chi connectivity index (χ3v) is 3.50. The summed E-state index contributed by atoms with van der Waals surface area (Å²) in [6.45, 7) is 4.36. The van der Waals surface area contributed by atoms with Gasteiger partial charge in [0.2, 0.25) is 0 Å². The zero-order chi connectivity index (χ0) is 14.7. The molecular weight excluding hydrogens is 268 g/mol. The number of aromatic nitrogens is 1. The quantitative estimate of drug-likeness (QED) is 0.908. The Hall–Kier alpha value is -2.50. The van der Waals surface area contributed by atoms with Crippen LogP contribution in [0.4, 0.5) is 5.69 Å². The van der Waals surface area contributed by atoms with Gasteiger partial charge in [0.15, 0.2) is 12.2 Å². The van der Waals surface area contributed by atoms with E-state index in [4.69, 9.17) is 14.9 Å². The predicted octanol–water partition coefficient (Wildman–Crippen LogP) is 1.88. The van der Waals surface area contributed by atoms with E-state index in [1.807, 2.05) is 12.1 Å². The molecule has 0 spiro atoms. The number of oxazole rings is 1. The van der Waals surface area contributed by atoms with E-state index in [2.05, 4.69) is 33.9 Å². The Morgan fingerprint density at radius 3 is 2.71 bits per heavy atom. The van der Waals surface area contributed by atoms with Gasteiger partial charge < -0.3 is 19.8 Å². The van der Waals surface area contributed by atoms with Gasteiger partial charge in [-0.05, 0) is 31.2 Å². The van der Waals surface area contributed by atoms with Crippen molar-refractivity contribution in [2.24, 2.45) is 10.7 Å². The molecule has 0 radical (unpaired) electrons. The van der Waals surface area contributed by atoms with E-state index in [1.54, 1.807) is 6.20 Å². The van der Waals surface area contributed by atoms with Gasteiger partial charge in [-0.15, -0.1) is 0 Å². The minimum atomic E-state index is 0.0962. The summed E-state index contributed by atoms with van der Waals surface area (Å²) in [6.07, 6.45) is 3.14. The molecule has 6 heteroatoms. The number of likely N-dealkylation sites (N-methyl/N-ethyl adjacent to an activating group) is 1. The van der Waals surface area contributed by atoms with E-state index >= 15 is 0 Å². The molecule has 0 saturated carbocycles. The summed E-state index contributed by atoms with van der Waals surface area (Å²) in [5, 5.41) is 0. The van der Waals surface area contributed by atoms with Crippen molar-refractivity contribution in [3.8, 4) is 11.3 Å². The van der Waals surface area contributed by atoms with Gasteiger partial charge >= 0.3 is 0 Å². The highest BCUT2D eigenvalue weighted by molar-refractivity contribution is 5.73. The zero-order valence-electron chi connectivity index (χ0n) is 11.9. The van der Waals surface area contributed by atoms with Crippen molar-refractivity contribution in [2.45, 2.75) is 13.0 Å². The first kappa shape index (κ1) is 13.5. The van der Waals surface area contributed by atoms with Gasteiger partial charge in [-0.3, -0.25) is 0 Å². The molecule has 0 aliphatic carbocycles. The van der Waals surface area contributed by atoms with Crippen molar-refractivity contribution in [2.75, 3.05) is 24.6 Å². The minimum Gasteiger partial charge on any atom is -0.463 e. The number of amidine groups is 1. The van der Waals surface area contributed by atoms with Crippen molar-refractivity contribution >= 4 is 11.7 Å². The molecule has 0 unspecified atom stereocenters. The van der Waals surface area contributed by atoms with Crippen LogP contribution in [0.2, 0.25) is 0 Å². The molecule has 0 amide bonds. The lowest BCUT2D eigenvalue weighted by molar-refractivity contribution is 0.313. The molecule has 2 aromatic rings. The Morgan fingerprint density at radius 2 is 2.14 bits per heavy atom. The summed E-state index contributed by atoms with van der Waals surface area (Å²) in [5.74, 6) is 0.770. The van der Waals surface area contributed by atoms with Crippen LogP contribution in [0, 0.1) is 0 Å². The first-order valence-electron chi connectivity index (χ1n) is 6.96. The monoisotopic (exact) mass is 286 g/mol. The first-order valence-corrected chi connectivity index (χ1v) is 6.96. The molecule has 1 aromatic carbocycles. The predicted molar refractivity (Wildman–Crippen MR) is 81.2 cm³/mol. The number of anilines is 1. The molecule has 1 aliphatic rings. The molecule has 3 rings (SSSR count). The van der Waals surface area contributed by atoms with Crippen LogP contribution in [-0.4, -0.2) is 36.7 Å². The number of hydrogen-bond donors (Lipinski definition) is 1. The topological polar surface area (TPSA) is 76.9 Å². The van der Waals surface area contributed by atoms with Crippen LogP contribution in [0.25, 0.3) is 11.3 Å². The third kappa shape index (κ3) is 2.99. The molecule has 2 heterocycles. The Kier molecular flexibility index (Phi) is 3.77. The number of benzene rings is 1. The molecule has 1 aromatic heterocycles. The number of hydrogen-bond acceptors (Lipinski definition) is 6. The average Bonchev–Trinajstić information content (AvgIpc) is 3.17. The van der Waals surface area contributed by atoms with Gasteiger partial charge in [-0.25, -0.2) is 9.98 Å². The molecule has 1 aliphatic heterocycles. The van der Waals surface area contributed by atoms with E-state index in [9.17, 15) is 0 Å². The van der Waals surface area contributed by atoms with Crippen LogP contribution in [0.5, 0.6) is 0 Å². The fraction of sp³-hybridized carbons (Fsp3) is 0.333. The lowest BCUT2D eigenvalue weighted by Crippen LogP contribution is -2.32. The normalized spacial score (nSPS) is 17.4. The van der Waals surface area contributed by atoms with E-state index in [-0.39, 0.29) is 12.1 Å². The molecule has 2 N–H and O–H groups in total. The smallest absolute Gasteiger partial charge is 0.282 e. The lowest BCUT2D eigenvalue weighted by atomic mass is 10.1.